The van der Waals surface area contributed by atoms with Crippen molar-refractivity contribution in [1.82, 2.24) is 10.0 Å². The van der Waals surface area contributed by atoms with Crippen LogP contribution in [-0.4, -0.2) is 39.3 Å². The van der Waals surface area contributed by atoms with Crippen LogP contribution in [0.3, 0.4) is 0 Å². The lowest BCUT2D eigenvalue weighted by Crippen LogP contribution is -2.45. The Morgan fingerprint density at radius 2 is 1.96 bits per heavy atom. The molecular formula is C19H29ClN4O3S. The number of nitrogens with one attached hydrogen (secondary N) is 2. The molecule has 1 fully saturated rings. The number of amides is 1. The molecule has 3 rings (SSSR count). The molecule has 1 aromatic carbocycles. The molecule has 156 valence electrons. The van der Waals surface area contributed by atoms with Crippen molar-refractivity contribution in [2.24, 2.45) is 16.6 Å². The van der Waals surface area contributed by atoms with Gasteiger partial charge < -0.3 is 11.1 Å². The molecule has 1 aliphatic heterocycles. The Morgan fingerprint density at radius 1 is 1.25 bits per heavy atom. The Kier molecular flexibility index (Phi) is 8.27. The van der Waals surface area contributed by atoms with Crippen molar-refractivity contribution < 1.29 is 13.2 Å². The lowest BCUT2D eigenvalue weighted by molar-refractivity contribution is -0.122. The lowest BCUT2D eigenvalue weighted by atomic mass is 9.84. The second-order valence-electron chi connectivity index (χ2n) is 7.24. The number of hydrogen-bond acceptors (Lipinski definition) is 5. The molecule has 1 unspecified atom stereocenters. The largest absolute Gasteiger partial charge is 0.352 e. The molecule has 28 heavy (non-hydrogen) atoms. The highest BCUT2D eigenvalue weighted by Crippen LogP contribution is 2.26. The molecule has 9 heteroatoms. The van der Waals surface area contributed by atoms with Gasteiger partial charge in [-0.3, -0.25) is 14.5 Å². The maximum absolute atomic E-state index is 12.2. The van der Waals surface area contributed by atoms with Gasteiger partial charge in [0.25, 0.3) is 10.0 Å². The normalized spacial score (nSPS) is 20.7. The van der Waals surface area contributed by atoms with E-state index in [0.717, 1.165) is 12.8 Å². The quantitative estimate of drug-likeness (QED) is 0.576. The zero-order valence-electron chi connectivity index (χ0n) is 15.9. The summed E-state index contributed by atoms with van der Waals surface area (Å²) in [4.78, 5) is 16.8. The number of halogens is 1. The maximum Gasteiger partial charge on any atom is 0.263 e. The fourth-order valence-electron chi connectivity index (χ4n) is 3.87. The summed E-state index contributed by atoms with van der Waals surface area (Å²) < 4.78 is 26.6. The summed E-state index contributed by atoms with van der Waals surface area (Å²) in [6.07, 6.45) is 6.88. The van der Waals surface area contributed by atoms with Gasteiger partial charge in [-0.1, -0.05) is 31.4 Å². The van der Waals surface area contributed by atoms with Crippen molar-refractivity contribution in [3.05, 3.63) is 29.8 Å². The molecule has 0 saturated heterocycles. The Morgan fingerprint density at radius 3 is 2.68 bits per heavy atom. The van der Waals surface area contributed by atoms with Crippen LogP contribution in [0.2, 0.25) is 0 Å². The fourth-order valence-corrected chi connectivity index (χ4v) is 5.12. The van der Waals surface area contributed by atoms with E-state index in [1.54, 1.807) is 24.3 Å². The molecule has 1 atom stereocenters. The minimum absolute atomic E-state index is 0. The van der Waals surface area contributed by atoms with Gasteiger partial charge in [0.2, 0.25) is 5.91 Å². The van der Waals surface area contributed by atoms with Crippen molar-refractivity contribution in [3.63, 3.8) is 0 Å². The smallest absolute Gasteiger partial charge is 0.263 e. The molecule has 1 aromatic rings. The van der Waals surface area contributed by atoms with Gasteiger partial charge >= 0.3 is 0 Å². The van der Waals surface area contributed by atoms with E-state index in [1.807, 2.05) is 0 Å². The highest BCUT2D eigenvalue weighted by Gasteiger charge is 2.30. The highest BCUT2D eigenvalue weighted by atomic mass is 35.5. The molecule has 1 amide bonds. The van der Waals surface area contributed by atoms with Crippen LogP contribution in [0.1, 0.15) is 50.5 Å². The van der Waals surface area contributed by atoms with Crippen LogP contribution in [-0.2, 0) is 14.8 Å². The summed E-state index contributed by atoms with van der Waals surface area (Å²) in [5.41, 5.74) is 6.44. The van der Waals surface area contributed by atoms with E-state index in [9.17, 15) is 13.2 Å². The summed E-state index contributed by atoms with van der Waals surface area (Å²) in [5.74, 6) is 0.828. The number of nitrogens with zero attached hydrogens (tertiary/aromatic N) is 1. The number of benzene rings is 1. The van der Waals surface area contributed by atoms with Gasteiger partial charge in [-0.25, -0.2) is 8.42 Å². The summed E-state index contributed by atoms with van der Waals surface area (Å²) in [6.45, 7) is 0.855. The standard InChI is InChI=1S/C19H28N4O3S.ClH/c20-13-16(14-7-2-1-3-8-14)22-18(24)11-6-12-21-19-15-9-4-5-10-17(15)27(25,26)23-19;/h4-5,9-10,14,16H,1-3,6-8,11-13,20H2,(H,21,23)(H,22,24);1H. The molecular weight excluding hydrogens is 400 g/mol. The van der Waals surface area contributed by atoms with E-state index < -0.39 is 10.0 Å². The van der Waals surface area contributed by atoms with Crippen molar-refractivity contribution in [1.29, 1.82) is 0 Å². The predicted octanol–water partition coefficient (Wildman–Crippen LogP) is 1.95. The number of rotatable bonds is 7. The minimum atomic E-state index is -3.51. The number of carbonyl (C=O) groups excluding carboxylic acids is 1. The minimum Gasteiger partial charge on any atom is -0.352 e. The second-order valence-corrected chi connectivity index (χ2v) is 8.89. The average Bonchev–Trinajstić information content (AvgIpc) is 2.95. The van der Waals surface area contributed by atoms with Crippen LogP contribution in [0.25, 0.3) is 0 Å². The third kappa shape index (κ3) is 5.46. The molecule has 0 aromatic heterocycles. The zero-order chi connectivity index (χ0) is 19.3. The van der Waals surface area contributed by atoms with E-state index in [-0.39, 0.29) is 29.3 Å². The first-order valence-electron chi connectivity index (χ1n) is 9.67. The Hall–Kier alpha value is -1.64. The van der Waals surface area contributed by atoms with Gasteiger partial charge in [-0.2, -0.15) is 0 Å². The summed E-state index contributed by atoms with van der Waals surface area (Å²) in [7, 11) is -3.51. The molecule has 0 radical (unpaired) electrons. The Bertz CT molecular complexity index is 807. The van der Waals surface area contributed by atoms with Crippen LogP contribution < -0.4 is 15.8 Å². The number of fused-ring (bicyclic) bond motifs is 1. The van der Waals surface area contributed by atoms with Crippen LogP contribution in [0.4, 0.5) is 0 Å². The maximum atomic E-state index is 12.2. The lowest BCUT2D eigenvalue weighted by Gasteiger charge is -2.30. The molecule has 0 bridgehead atoms. The van der Waals surface area contributed by atoms with E-state index in [2.05, 4.69) is 15.0 Å². The van der Waals surface area contributed by atoms with Gasteiger partial charge in [0.15, 0.2) is 0 Å². The number of carbonyl (C=O) groups is 1. The SMILES string of the molecule is Cl.NCC(NC(=O)CCCN=C1NS(=O)(=O)c2ccccc21)C1CCCCC1. The van der Waals surface area contributed by atoms with E-state index in [1.165, 1.54) is 19.3 Å². The van der Waals surface area contributed by atoms with Crippen molar-refractivity contribution >= 4 is 34.2 Å². The van der Waals surface area contributed by atoms with Gasteiger partial charge in [-0.05, 0) is 37.3 Å². The van der Waals surface area contributed by atoms with Crippen LogP contribution in [0.15, 0.2) is 34.2 Å². The number of sulfonamides is 1. The van der Waals surface area contributed by atoms with Crippen molar-refractivity contribution in [2.75, 3.05) is 13.1 Å². The zero-order valence-corrected chi connectivity index (χ0v) is 17.5. The summed E-state index contributed by atoms with van der Waals surface area (Å²) in [5, 5.41) is 3.07. The van der Waals surface area contributed by atoms with Crippen LogP contribution >= 0.6 is 12.4 Å². The Labute approximate surface area is 173 Å². The number of amidine groups is 1. The first-order valence-corrected chi connectivity index (χ1v) is 11.2. The third-order valence-electron chi connectivity index (χ3n) is 5.31. The van der Waals surface area contributed by atoms with Gasteiger partial charge in [0.1, 0.15) is 5.84 Å². The van der Waals surface area contributed by atoms with Gasteiger partial charge in [0.05, 0.1) is 4.90 Å². The summed E-state index contributed by atoms with van der Waals surface area (Å²) >= 11 is 0. The van der Waals surface area contributed by atoms with Crippen molar-refractivity contribution in [3.8, 4) is 0 Å². The topological polar surface area (TPSA) is 114 Å². The number of hydrogen-bond donors (Lipinski definition) is 3. The van der Waals surface area contributed by atoms with Gasteiger partial charge in [0, 0.05) is 31.1 Å². The van der Waals surface area contributed by atoms with Crippen LogP contribution in [0.5, 0.6) is 0 Å². The average molecular weight is 429 g/mol. The van der Waals surface area contributed by atoms with Crippen LogP contribution in [0, 0.1) is 5.92 Å². The number of nitrogens with two attached hydrogens (primary N) is 1. The predicted molar refractivity (Wildman–Crippen MR) is 112 cm³/mol. The molecule has 2 aliphatic rings. The molecule has 1 heterocycles. The van der Waals surface area contributed by atoms with Gasteiger partial charge in [-0.15, -0.1) is 12.4 Å². The van der Waals surface area contributed by atoms with E-state index in [0.29, 0.717) is 43.2 Å². The molecule has 1 aliphatic carbocycles. The molecule has 4 N–H and O–H groups in total. The first kappa shape index (κ1) is 22.6. The number of aliphatic imine (C=N–C) groups is 1. The van der Waals surface area contributed by atoms with E-state index >= 15 is 0 Å². The van der Waals surface area contributed by atoms with Crippen molar-refractivity contribution in [2.45, 2.75) is 55.9 Å². The fraction of sp³-hybridized carbons (Fsp3) is 0.579. The molecule has 7 nitrogen and oxygen atoms in total. The highest BCUT2D eigenvalue weighted by molar-refractivity contribution is 7.90. The van der Waals surface area contributed by atoms with E-state index in [4.69, 9.17) is 5.73 Å². The summed E-state index contributed by atoms with van der Waals surface area (Å²) in [6, 6.07) is 6.81. The third-order valence-corrected chi connectivity index (χ3v) is 6.71. The Balaban J connectivity index is 0.00000280. The monoisotopic (exact) mass is 428 g/mol. The molecule has 1 saturated carbocycles. The second kappa shape index (κ2) is 10.2. The first-order chi connectivity index (χ1) is 13.0. The molecule has 0 spiro atoms.